The van der Waals surface area contributed by atoms with Crippen molar-refractivity contribution in [3.63, 3.8) is 0 Å². The molecule has 0 unspecified atom stereocenters. The maximum atomic E-state index is 13.8. The smallest absolute Gasteiger partial charge is 0.440 e. The van der Waals surface area contributed by atoms with Crippen LogP contribution >= 0.6 is 0 Å². The lowest BCUT2D eigenvalue weighted by Crippen LogP contribution is -2.25. The first-order valence-electron chi connectivity index (χ1n) is 13.6. The number of benzene rings is 3. The lowest BCUT2D eigenvalue weighted by molar-refractivity contribution is -0.286. The van der Waals surface area contributed by atoms with E-state index in [2.05, 4.69) is 19.6 Å². The molecule has 3 heterocycles. The van der Waals surface area contributed by atoms with E-state index in [-0.39, 0.29) is 16.4 Å². The first kappa shape index (κ1) is 29.5. The summed E-state index contributed by atoms with van der Waals surface area (Å²) in [4.78, 5) is 4.77. The molecule has 0 radical (unpaired) electrons. The number of ether oxygens (including phenoxy) is 2. The van der Waals surface area contributed by atoms with Crippen molar-refractivity contribution in [1.82, 2.24) is 14.8 Å². The Morgan fingerprint density at radius 2 is 1.64 bits per heavy atom. The van der Waals surface area contributed by atoms with Gasteiger partial charge in [-0.2, -0.15) is 5.10 Å². The minimum Gasteiger partial charge on any atom is -0.440 e. The van der Waals surface area contributed by atoms with Gasteiger partial charge < -0.3 is 19.0 Å². The van der Waals surface area contributed by atoms with E-state index in [1.54, 1.807) is 50.7 Å². The van der Waals surface area contributed by atoms with Crippen LogP contribution in [-0.4, -0.2) is 46.4 Å². The van der Waals surface area contributed by atoms with Crippen LogP contribution in [0.25, 0.3) is 45.0 Å². The van der Waals surface area contributed by atoms with E-state index in [9.17, 15) is 22.3 Å². The molecular weight excluding hydrogens is 592 g/mol. The van der Waals surface area contributed by atoms with Gasteiger partial charge in [0.1, 0.15) is 5.69 Å². The summed E-state index contributed by atoms with van der Waals surface area (Å²) < 4.78 is 69.2. The van der Waals surface area contributed by atoms with Crippen molar-refractivity contribution >= 4 is 9.84 Å². The number of nitrogens with zero attached hydrogens (tertiary/aromatic N) is 3. The number of aromatic nitrogens is 3. The third-order valence-electron chi connectivity index (χ3n) is 7.09. The number of halogens is 2. The van der Waals surface area contributed by atoms with Crippen LogP contribution in [0.1, 0.15) is 25.4 Å². The summed E-state index contributed by atoms with van der Waals surface area (Å²) in [7, 11) is -1.66. The minimum atomic E-state index is -3.77. The molecule has 1 aliphatic rings. The Morgan fingerprint density at radius 1 is 0.932 bits per heavy atom. The van der Waals surface area contributed by atoms with Crippen LogP contribution in [0.5, 0.6) is 11.5 Å². The first-order valence-corrected chi connectivity index (χ1v) is 15.5. The second-order valence-corrected chi connectivity index (χ2v) is 13.4. The zero-order valence-corrected chi connectivity index (χ0v) is 25.4. The number of alkyl halides is 2. The summed E-state index contributed by atoms with van der Waals surface area (Å²) in [5.74, 6) is 0.465. The second kappa shape index (κ2) is 10.3. The van der Waals surface area contributed by atoms with Gasteiger partial charge in [0.2, 0.25) is 0 Å². The number of rotatable bonds is 7. The van der Waals surface area contributed by atoms with Crippen molar-refractivity contribution < 1.29 is 36.2 Å². The normalized spacial score (nSPS) is 14.3. The molecule has 0 saturated carbocycles. The number of hydrogen-bond donors (Lipinski definition) is 1. The maximum Gasteiger partial charge on any atom is 0.586 e. The molecule has 0 aliphatic carbocycles. The molecule has 5 aromatic rings. The predicted octanol–water partition coefficient (Wildman–Crippen LogP) is 6.42. The van der Waals surface area contributed by atoms with Crippen molar-refractivity contribution in [2.75, 3.05) is 6.26 Å². The van der Waals surface area contributed by atoms with Gasteiger partial charge in [0.15, 0.2) is 33.0 Å². The highest BCUT2D eigenvalue weighted by molar-refractivity contribution is 7.90. The molecule has 0 bridgehead atoms. The summed E-state index contributed by atoms with van der Waals surface area (Å²) in [5, 5.41) is 15.0. The van der Waals surface area contributed by atoms with Gasteiger partial charge in [0, 0.05) is 43.3 Å². The van der Waals surface area contributed by atoms with Gasteiger partial charge in [0.25, 0.3) is 0 Å². The van der Waals surface area contributed by atoms with Crippen LogP contribution in [0, 0.1) is 6.92 Å². The zero-order chi connectivity index (χ0) is 31.6. The molecule has 0 spiro atoms. The molecule has 6 rings (SSSR count). The molecule has 228 valence electrons. The summed E-state index contributed by atoms with van der Waals surface area (Å²) in [6.07, 6.45) is -2.30. The van der Waals surface area contributed by atoms with E-state index in [1.165, 1.54) is 18.2 Å². The molecule has 44 heavy (non-hydrogen) atoms. The van der Waals surface area contributed by atoms with Gasteiger partial charge in [-0.3, -0.25) is 4.68 Å². The standard InChI is InChI=1S/C32H29F2N3O6S/c1-18-35-29(21-10-12-27-28(15-21)43-32(33,34)42-27)30(41-18)25-14-20(19-7-6-8-23(13-19)44(5,39)40)9-11-24(25)26-16-22(36-37(26)4)17-31(2,3)38/h6-16,38H,17H2,1-5H3. The topological polar surface area (TPSA) is 117 Å². The fraction of sp³-hybridized carbons (Fsp3) is 0.250. The Labute approximate surface area is 252 Å². The minimum absolute atomic E-state index is 0.0943. The van der Waals surface area contributed by atoms with Crippen molar-refractivity contribution in [3.8, 4) is 56.5 Å². The molecule has 0 atom stereocenters. The molecular formula is C32H29F2N3O6S. The largest absolute Gasteiger partial charge is 0.586 e. The third-order valence-corrected chi connectivity index (χ3v) is 8.20. The van der Waals surface area contributed by atoms with Crippen LogP contribution in [0.4, 0.5) is 8.78 Å². The molecule has 1 aliphatic heterocycles. The van der Waals surface area contributed by atoms with Crippen LogP contribution in [0.2, 0.25) is 0 Å². The van der Waals surface area contributed by atoms with Gasteiger partial charge in [-0.25, -0.2) is 13.4 Å². The van der Waals surface area contributed by atoms with Gasteiger partial charge >= 0.3 is 6.29 Å². The molecule has 1 N–H and O–H groups in total. The monoisotopic (exact) mass is 621 g/mol. The van der Waals surface area contributed by atoms with Gasteiger partial charge in [-0.05, 0) is 67.4 Å². The van der Waals surface area contributed by atoms with Gasteiger partial charge in [0.05, 0.1) is 21.9 Å². The quantitative estimate of drug-likeness (QED) is 0.221. The maximum absolute atomic E-state index is 13.8. The number of aryl methyl sites for hydroxylation is 2. The summed E-state index contributed by atoms with van der Waals surface area (Å²) in [5.41, 5.74) is 3.95. The molecule has 2 aromatic heterocycles. The fourth-order valence-electron chi connectivity index (χ4n) is 5.25. The van der Waals surface area contributed by atoms with E-state index in [0.29, 0.717) is 51.7 Å². The Morgan fingerprint density at radius 3 is 2.36 bits per heavy atom. The summed E-state index contributed by atoms with van der Waals surface area (Å²) >= 11 is 0. The lowest BCUT2D eigenvalue weighted by atomic mass is 9.93. The summed E-state index contributed by atoms with van der Waals surface area (Å²) in [6.45, 7) is 5.09. The van der Waals surface area contributed by atoms with Crippen molar-refractivity contribution in [1.29, 1.82) is 0 Å². The molecule has 3 aromatic carbocycles. The number of fused-ring (bicyclic) bond motifs is 1. The number of aliphatic hydroxyl groups is 1. The van der Waals surface area contributed by atoms with Crippen molar-refractivity contribution in [2.24, 2.45) is 7.05 Å². The zero-order valence-electron chi connectivity index (χ0n) is 24.6. The SMILES string of the molecule is Cc1nc(-c2ccc3c(c2)OC(F)(F)O3)c(-c2cc(-c3cccc(S(C)(=O)=O)c3)ccc2-c2cc(CC(C)(C)O)nn2C)o1. The molecule has 0 fully saturated rings. The molecule has 9 nitrogen and oxygen atoms in total. The van der Waals surface area contributed by atoms with Crippen LogP contribution in [0.15, 0.2) is 76.0 Å². The van der Waals surface area contributed by atoms with Crippen LogP contribution in [0.3, 0.4) is 0 Å². The molecule has 0 amide bonds. The second-order valence-electron chi connectivity index (χ2n) is 11.4. The van der Waals surface area contributed by atoms with Gasteiger partial charge in [-0.1, -0.05) is 24.3 Å². The van der Waals surface area contributed by atoms with Crippen molar-refractivity contribution in [2.45, 2.75) is 44.0 Å². The molecule has 0 saturated heterocycles. The third kappa shape index (κ3) is 5.82. The highest BCUT2D eigenvalue weighted by Crippen LogP contribution is 2.46. The Bertz CT molecular complexity index is 2030. The van der Waals surface area contributed by atoms with E-state index >= 15 is 0 Å². The van der Waals surface area contributed by atoms with E-state index < -0.39 is 21.7 Å². The Balaban J connectivity index is 1.55. The highest BCUT2D eigenvalue weighted by Gasteiger charge is 2.43. The lowest BCUT2D eigenvalue weighted by Gasteiger charge is -2.14. The molecule has 12 heteroatoms. The van der Waals surface area contributed by atoms with E-state index in [0.717, 1.165) is 17.5 Å². The van der Waals surface area contributed by atoms with Crippen LogP contribution < -0.4 is 9.47 Å². The average molecular weight is 622 g/mol. The predicted molar refractivity (Wildman–Crippen MR) is 159 cm³/mol. The van der Waals surface area contributed by atoms with E-state index in [1.807, 2.05) is 30.3 Å². The number of sulfone groups is 1. The Hall–Kier alpha value is -4.55. The van der Waals surface area contributed by atoms with Crippen LogP contribution in [-0.2, 0) is 23.3 Å². The average Bonchev–Trinajstić information content (AvgIpc) is 3.58. The number of hydrogen-bond acceptors (Lipinski definition) is 8. The number of oxazole rings is 1. The first-order chi connectivity index (χ1) is 20.6. The Kier molecular flexibility index (Phi) is 6.89. The fourth-order valence-corrected chi connectivity index (χ4v) is 5.92. The summed E-state index contributed by atoms with van der Waals surface area (Å²) in [6, 6.07) is 18.5. The highest BCUT2D eigenvalue weighted by atomic mass is 32.2. The van der Waals surface area contributed by atoms with Gasteiger partial charge in [-0.15, -0.1) is 8.78 Å². The van der Waals surface area contributed by atoms with Crippen molar-refractivity contribution in [3.05, 3.63) is 78.3 Å². The van der Waals surface area contributed by atoms with E-state index in [4.69, 9.17) is 4.42 Å².